The fourth-order valence-corrected chi connectivity index (χ4v) is 1.88. The zero-order valence-electron chi connectivity index (χ0n) is 11.2. The van der Waals surface area contributed by atoms with Gasteiger partial charge < -0.3 is 4.74 Å². The molecule has 0 heterocycles. The molecule has 0 aliphatic rings. The normalized spacial score (nSPS) is 10.7. The molecule has 2 aromatic carbocycles. The van der Waals surface area contributed by atoms with Crippen molar-refractivity contribution in [2.75, 3.05) is 0 Å². The van der Waals surface area contributed by atoms with E-state index in [1.54, 1.807) is 24.3 Å². The second-order valence-corrected chi connectivity index (χ2v) is 5.06. The Balaban J connectivity index is 2.22. The van der Waals surface area contributed by atoms with E-state index in [4.69, 9.17) is 16.3 Å². The predicted octanol–water partition coefficient (Wildman–Crippen LogP) is 4.50. The zero-order valence-corrected chi connectivity index (χ0v) is 11.9. The molecule has 0 saturated carbocycles. The minimum Gasteiger partial charge on any atom is -0.491 e. The minimum absolute atomic E-state index is 0.00207. The Morgan fingerprint density at radius 2 is 1.70 bits per heavy atom. The van der Waals surface area contributed by atoms with Crippen LogP contribution in [0.2, 0.25) is 5.02 Å². The van der Waals surface area contributed by atoms with E-state index in [1.165, 1.54) is 12.1 Å². The summed E-state index contributed by atoms with van der Waals surface area (Å²) in [7, 11) is 0. The molecule has 0 fully saturated rings. The molecule has 0 bridgehead atoms. The van der Waals surface area contributed by atoms with Gasteiger partial charge >= 0.3 is 0 Å². The van der Waals surface area contributed by atoms with E-state index in [2.05, 4.69) is 0 Å². The molecular formula is C16H14ClFO2. The van der Waals surface area contributed by atoms with Crippen LogP contribution >= 0.6 is 11.6 Å². The predicted molar refractivity (Wildman–Crippen MR) is 77.0 cm³/mol. The van der Waals surface area contributed by atoms with Crippen LogP contribution in [0.3, 0.4) is 0 Å². The zero-order chi connectivity index (χ0) is 14.7. The summed E-state index contributed by atoms with van der Waals surface area (Å²) in [6.45, 7) is 3.85. The number of ether oxygens (including phenoxy) is 1. The summed E-state index contributed by atoms with van der Waals surface area (Å²) in [6, 6.07) is 10.8. The molecular weight excluding hydrogens is 279 g/mol. The van der Waals surface area contributed by atoms with Crippen molar-refractivity contribution in [3.8, 4) is 5.75 Å². The summed E-state index contributed by atoms with van der Waals surface area (Å²) in [5.74, 6) is -0.159. The molecule has 0 unspecified atom stereocenters. The van der Waals surface area contributed by atoms with E-state index in [0.29, 0.717) is 11.3 Å². The lowest BCUT2D eigenvalue weighted by atomic mass is 10.0. The Kier molecular flexibility index (Phi) is 4.40. The van der Waals surface area contributed by atoms with Crippen molar-refractivity contribution in [2.24, 2.45) is 0 Å². The average Bonchev–Trinajstić information content (AvgIpc) is 2.41. The number of hydrogen-bond acceptors (Lipinski definition) is 2. The number of benzene rings is 2. The highest BCUT2D eigenvalue weighted by Crippen LogP contribution is 2.20. The third kappa shape index (κ3) is 3.36. The summed E-state index contributed by atoms with van der Waals surface area (Å²) < 4.78 is 18.9. The van der Waals surface area contributed by atoms with Crippen LogP contribution in [0.5, 0.6) is 5.75 Å². The van der Waals surface area contributed by atoms with Crippen molar-refractivity contribution >= 4 is 17.4 Å². The standard InChI is InChI=1S/C16H14ClFO2/c1-10(2)20-13-6-3-11(4-7-13)16(19)12-5-8-14(17)15(18)9-12/h3-10H,1-2H3. The van der Waals surface area contributed by atoms with Crippen molar-refractivity contribution in [1.29, 1.82) is 0 Å². The number of halogens is 2. The van der Waals surface area contributed by atoms with Gasteiger partial charge in [0.25, 0.3) is 0 Å². The fraction of sp³-hybridized carbons (Fsp3) is 0.188. The molecule has 4 heteroatoms. The van der Waals surface area contributed by atoms with Gasteiger partial charge in [-0.05, 0) is 56.3 Å². The molecule has 0 amide bonds. The van der Waals surface area contributed by atoms with Gasteiger partial charge in [0, 0.05) is 11.1 Å². The van der Waals surface area contributed by atoms with Crippen molar-refractivity contribution in [3.63, 3.8) is 0 Å². The molecule has 0 saturated heterocycles. The molecule has 2 aromatic rings. The maximum atomic E-state index is 13.4. The lowest BCUT2D eigenvalue weighted by Crippen LogP contribution is -2.06. The monoisotopic (exact) mass is 292 g/mol. The molecule has 0 radical (unpaired) electrons. The smallest absolute Gasteiger partial charge is 0.193 e. The highest BCUT2D eigenvalue weighted by atomic mass is 35.5. The molecule has 0 spiro atoms. The fourth-order valence-electron chi connectivity index (χ4n) is 1.76. The Labute approximate surface area is 122 Å². The molecule has 104 valence electrons. The number of carbonyl (C=O) groups excluding carboxylic acids is 1. The number of hydrogen-bond donors (Lipinski definition) is 0. The van der Waals surface area contributed by atoms with Gasteiger partial charge in [-0.15, -0.1) is 0 Å². The van der Waals surface area contributed by atoms with E-state index < -0.39 is 5.82 Å². The highest BCUT2D eigenvalue weighted by Gasteiger charge is 2.11. The molecule has 0 aliphatic carbocycles. The minimum atomic E-state index is -0.600. The van der Waals surface area contributed by atoms with Crippen LogP contribution in [-0.2, 0) is 0 Å². The van der Waals surface area contributed by atoms with Crippen molar-refractivity contribution in [3.05, 3.63) is 64.4 Å². The number of ketones is 1. The molecule has 0 N–H and O–H groups in total. The molecule has 0 atom stereocenters. The third-order valence-electron chi connectivity index (χ3n) is 2.67. The van der Waals surface area contributed by atoms with Crippen LogP contribution in [0, 0.1) is 5.82 Å². The second-order valence-electron chi connectivity index (χ2n) is 4.65. The van der Waals surface area contributed by atoms with Crippen molar-refractivity contribution in [1.82, 2.24) is 0 Å². The summed E-state index contributed by atoms with van der Waals surface area (Å²) in [6.07, 6.45) is 0.0712. The lowest BCUT2D eigenvalue weighted by Gasteiger charge is -2.10. The molecule has 2 nitrogen and oxygen atoms in total. The topological polar surface area (TPSA) is 26.3 Å². The lowest BCUT2D eigenvalue weighted by molar-refractivity contribution is 0.103. The summed E-state index contributed by atoms with van der Waals surface area (Å²) in [5, 5.41) is 0.00207. The van der Waals surface area contributed by atoms with Gasteiger partial charge in [0.05, 0.1) is 11.1 Å². The molecule has 2 rings (SSSR count). The highest BCUT2D eigenvalue weighted by molar-refractivity contribution is 6.30. The maximum absolute atomic E-state index is 13.4. The van der Waals surface area contributed by atoms with E-state index in [9.17, 15) is 9.18 Å². The summed E-state index contributed by atoms with van der Waals surface area (Å²) >= 11 is 5.60. The summed E-state index contributed by atoms with van der Waals surface area (Å²) in [4.78, 5) is 12.2. The molecule has 0 aromatic heterocycles. The van der Waals surface area contributed by atoms with Crippen LogP contribution in [0.25, 0.3) is 0 Å². The molecule has 20 heavy (non-hydrogen) atoms. The van der Waals surface area contributed by atoms with Gasteiger partial charge in [-0.3, -0.25) is 4.79 Å². The quantitative estimate of drug-likeness (QED) is 0.776. The first-order valence-corrected chi connectivity index (χ1v) is 6.61. The van der Waals surface area contributed by atoms with Gasteiger partial charge in [0.1, 0.15) is 11.6 Å². The Morgan fingerprint density at radius 3 is 2.25 bits per heavy atom. The average molecular weight is 293 g/mol. The second kappa shape index (κ2) is 6.06. The van der Waals surface area contributed by atoms with Crippen molar-refractivity contribution in [2.45, 2.75) is 20.0 Å². The van der Waals surface area contributed by atoms with E-state index in [1.807, 2.05) is 13.8 Å². The maximum Gasteiger partial charge on any atom is 0.193 e. The SMILES string of the molecule is CC(C)Oc1ccc(C(=O)c2ccc(Cl)c(F)c2)cc1. The first-order chi connectivity index (χ1) is 9.47. The van der Waals surface area contributed by atoms with Gasteiger partial charge in [0.15, 0.2) is 5.78 Å². The summed E-state index contributed by atoms with van der Waals surface area (Å²) in [5.41, 5.74) is 0.743. The van der Waals surface area contributed by atoms with Gasteiger partial charge in [0.2, 0.25) is 0 Å². The van der Waals surface area contributed by atoms with E-state index in [0.717, 1.165) is 6.07 Å². The first kappa shape index (κ1) is 14.5. The van der Waals surface area contributed by atoms with E-state index in [-0.39, 0.29) is 22.5 Å². The van der Waals surface area contributed by atoms with Gasteiger partial charge in [-0.2, -0.15) is 0 Å². The Hall–Kier alpha value is -1.87. The Bertz CT molecular complexity index is 621. The number of carbonyl (C=O) groups is 1. The van der Waals surface area contributed by atoms with E-state index >= 15 is 0 Å². The first-order valence-electron chi connectivity index (χ1n) is 6.24. The molecule has 0 aliphatic heterocycles. The Morgan fingerprint density at radius 1 is 1.10 bits per heavy atom. The van der Waals surface area contributed by atoms with Gasteiger partial charge in [-0.1, -0.05) is 11.6 Å². The van der Waals surface area contributed by atoms with Crippen LogP contribution in [0.4, 0.5) is 4.39 Å². The van der Waals surface area contributed by atoms with Crippen LogP contribution in [0.15, 0.2) is 42.5 Å². The van der Waals surface area contributed by atoms with Crippen molar-refractivity contribution < 1.29 is 13.9 Å². The third-order valence-corrected chi connectivity index (χ3v) is 2.98. The van der Waals surface area contributed by atoms with Gasteiger partial charge in [-0.25, -0.2) is 4.39 Å². The largest absolute Gasteiger partial charge is 0.491 e. The number of rotatable bonds is 4. The van der Waals surface area contributed by atoms with Crippen LogP contribution in [-0.4, -0.2) is 11.9 Å². The van der Waals surface area contributed by atoms with Crippen LogP contribution < -0.4 is 4.74 Å². The van der Waals surface area contributed by atoms with Crippen LogP contribution in [0.1, 0.15) is 29.8 Å².